The predicted octanol–water partition coefficient (Wildman–Crippen LogP) is 6.35. The number of nitrogens with zero attached hydrogens (tertiary/aromatic N) is 4. The van der Waals surface area contributed by atoms with Gasteiger partial charge >= 0.3 is 17.9 Å². The van der Waals surface area contributed by atoms with Crippen molar-refractivity contribution in [1.82, 2.24) is 19.9 Å². The Bertz CT molecular complexity index is 1840. The number of carbonyl (C=O) groups excluding carboxylic acids is 1. The molecule has 1 aliphatic heterocycles. The number of imidazole rings is 1. The Kier molecular flexibility index (Phi) is 7.19. The highest BCUT2D eigenvalue weighted by Gasteiger charge is 2.30. The van der Waals surface area contributed by atoms with Crippen molar-refractivity contribution in [2.75, 3.05) is 25.0 Å². The minimum atomic E-state index is -0.934. The molecule has 1 fully saturated rings. The van der Waals surface area contributed by atoms with E-state index in [0.29, 0.717) is 42.3 Å². The summed E-state index contributed by atoms with van der Waals surface area (Å²) in [5.41, 5.74) is 5.44. The van der Waals surface area contributed by atoms with E-state index in [9.17, 15) is 14.0 Å². The molecule has 0 spiro atoms. The normalized spacial score (nSPS) is 14.0. The van der Waals surface area contributed by atoms with Crippen LogP contribution in [0.25, 0.3) is 33.5 Å². The third-order valence-electron chi connectivity index (χ3n) is 7.47. The topological polar surface area (TPSA) is 118 Å². The summed E-state index contributed by atoms with van der Waals surface area (Å²) in [6.07, 6.45) is 4.09. The summed E-state index contributed by atoms with van der Waals surface area (Å²) < 4.78 is 29.4. The maximum absolute atomic E-state index is 14.5. The second-order valence-corrected chi connectivity index (χ2v) is 10.8. The number of aryl methyl sites for hydroxylation is 2. The molecule has 1 N–H and O–H groups in total. The maximum atomic E-state index is 14.5. The molecule has 3 aromatic heterocycles. The number of fused-ring (bicyclic) bond motifs is 1. The van der Waals surface area contributed by atoms with Gasteiger partial charge in [-0.3, -0.25) is 4.98 Å². The quantitative estimate of drug-likeness (QED) is 0.251. The highest BCUT2D eigenvalue weighted by Crippen LogP contribution is 2.40. The molecule has 1 aliphatic rings. The molecule has 1 amide bonds. The fourth-order valence-corrected chi connectivity index (χ4v) is 5.56. The van der Waals surface area contributed by atoms with Crippen LogP contribution in [0.2, 0.25) is 5.02 Å². The van der Waals surface area contributed by atoms with E-state index in [4.69, 9.17) is 30.2 Å². The number of hydrogen-bond donors (Lipinski definition) is 1. The van der Waals surface area contributed by atoms with Crippen LogP contribution in [0.15, 0.2) is 62.4 Å². The van der Waals surface area contributed by atoms with Crippen LogP contribution in [0.1, 0.15) is 24.2 Å². The fourth-order valence-electron chi connectivity index (χ4n) is 5.39. The average molecular weight is 592 g/mol. The number of carbonyl (C=O) groups is 1. The van der Waals surface area contributed by atoms with E-state index in [2.05, 4.69) is 14.9 Å². The number of hydrogen-bond acceptors (Lipinski definition) is 8. The number of halogens is 2. The Balaban J connectivity index is 1.32. The van der Waals surface area contributed by atoms with Crippen LogP contribution in [-0.2, 0) is 0 Å². The zero-order chi connectivity index (χ0) is 29.5. The highest BCUT2D eigenvalue weighted by atomic mass is 35.5. The van der Waals surface area contributed by atoms with E-state index in [0.717, 1.165) is 33.4 Å². The lowest BCUT2D eigenvalue weighted by Gasteiger charge is -2.38. The van der Waals surface area contributed by atoms with Gasteiger partial charge in [0.2, 0.25) is 0 Å². The molecule has 5 aromatic rings. The zero-order valence-electron chi connectivity index (χ0n) is 23.1. The Labute approximate surface area is 244 Å². The number of aromatic amines is 1. The number of H-pyrrole nitrogens is 1. The Hall–Kier alpha value is -4.64. The molecule has 2 aromatic carbocycles. The summed E-state index contributed by atoms with van der Waals surface area (Å²) in [7, 11) is 1.65. The largest absolute Gasteiger partial charge is 0.521 e. The highest BCUT2D eigenvalue weighted by molar-refractivity contribution is 6.31. The van der Waals surface area contributed by atoms with Gasteiger partial charge < -0.3 is 28.4 Å². The predicted molar refractivity (Wildman–Crippen MR) is 155 cm³/mol. The molecule has 12 heteroatoms. The molecule has 0 aliphatic carbocycles. The molecule has 42 heavy (non-hydrogen) atoms. The number of nitrogens with one attached hydrogen (secondary N) is 1. The zero-order valence-corrected chi connectivity index (χ0v) is 23.9. The van der Waals surface area contributed by atoms with Gasteiger partial charge in [0.25, 0.3) is 0 Å². The first-order valence-corrected chi connectivity index (χ1v) is 13.8. The van der Waals surface area contributed by atoms with Crippen molar-refractivity contribution in [2.45, 2.75) is 32.7 Å². The van der Waals surface area contributed by atoms with Gasteiger partial charge in [-0.2, -0.15) is 0 Å². The molecule has 1 saturated heterocycles. The molecule has 216 valence electrons. The van der Waals surface area contributed by atoms with Crippen molar-refractivity contribution in [2.24, 2.45) is 0 Å². The lowest BCUT2D eigenvalue weighted by molar-refractivity contribution is 0.126. The molecular formula is C30H27ClFN5O5. The maximum Gasteiger partial charge on any atom is 0.521 e. The van der Waals surface area contributed by atoms with Gasteiger partial charge in [-0.05, 0) is 61.2 Å². The molecule has 0 bridgehead atoms. The number of ether oxygens (including phenoxy) is 1. The molecule has 10 nitrogen and oxygen atoms in total. The smallest absolute Gasteiger partial charge is 0.392 e. The van der Waals surface area contributed by atoms with Crippen LogP contribution in [0.3, 0.4) is 0 Å². The molecule has 6 rings (SSSR count). The van der Waals surface area contributed by atoms with Crippen molar-refractivity contribution in [3.05, 3.63) is 81.6 Å². The lowest BCUT2D eigenvalue weighted by Crippen LogP contribution is -2.46. The number of pyridine rings is 1. The summed E-state index contributed by atoms with van der Waals surface area (Å²) in [5.74, 6) is -0.810. The van der Waals surface area contributed by atoms with E-state index in [1.165, 1.54) is 24.0 Å². The van der Waals surface area contributed by atoms with Crippen LogP contribution in [0.4, 0.5) is 14.9 Å². The molecule has 4 heterocycles. The Morgan fingerprint density at radius 2 is 1.88 bits per heavy atom. The van der Waals surface area contributed by atoms with Crippen molar-refractivity contribution in [1.29, 1.82) is 0 Å². The molecule has 0 saturated carbocycles. The first-order chi connectivity index (χ1) is 20.2. The van der Waals surface area contributed by atoms with Crippen LogP contribution >= 0.6 is 11.6 Å². The third-order valence-corrected chi connectivity index (χ3v) is 7.70. The van der Waals surface area contributed by atoms with Crippen LogP contribution in [-0.4, -0.2) is 52.1 Å². The number of piperidine rings is 1. The van der Waals surface area contributed by atoms with Gasteiger partial charge in [0.1, 0.15) is 11.6 Å². The Morgan fingerprint density at radius 3 is 2.60 bits per heavy atom. The summed E-state index contributed by atoms with van der Waals surface area (Å²) in [4.78, 5) is 40.5. The average Bonchev–Trinajstić information content (AvgIpc) is 3.52. The number of benzene rings is 2. The fraction of sp³-hybridized carbons (Fsp3) is 0.267. The molecule has 0 radical (unpaired) electrons. The van der Waals surface area contributed by atoms with Gasteiger partial charge in [0.15, 0.2) is 5.76 Å². The second kappa shape index (κ2) is 11.0. The SMILES string of the molecule is Cc1cc(F)cc(-c2cncc(-c3nc4ccc(Cl)cc4[nH]3)c2N2CCC(N(C)C(=O)Oc3oc(=O)oc3C)CC2)c1. The van der Waals surface area contributed by atoms with Gasteiger partial charge in [-0.1, -0.05) is 17.7 Å². The van der Waals surface area contributed by atoms with Crippen LogP contribution < -0.4 is 15.5 Å². The van der Waals surface area contributed by atoms with E-state index >= 15 is 0 Å². The van der Waals surface area contributed by atoms with Gasteiger partial charge in [0.05, 0.1) is 22.3 Å². The molecular weight excluding hydrogens is 565 g/mol. The molecule has 0 unspecified atom stereocenters. The van der Waals surface area contributed by atoms with E-state index in [1.54, 1.807) is 25.5 Å². The number of anilines is 1. The number of amides is 1. The third kappa shape index (κ3) is 5.35. The minimum Gasteiger partial charge on any atom is -0.392 e. The van der Waals surface area contributed by atoms with Crippen molar-refractivity contribution < 1.29 is 22.8 Å². The molecule has 0 atom stereocenters. The van der Waals surface area contributed by atoms with Crippen molar-refractivity contribution in [3.63, 3.8) is 0 Å². The van der Waals surface area contributed by atoms with Crippen molar-refractivity contribution >= 4 is 34.4 Å². The van der Waals surface area contributed by atoms with Gasteiger partial charge in [0, 0.05) is 56.1 Å². The summed E-state index contributed by atoms with van der Waals surface area (Å²) in [5, 5.41) is 0.592. The van der Waals surface area contributed by atoms with E-state index in [1.807, 2.05) is 25.1 Å². The second-order valence-electron chi connectivity index (χ2n) is 10.3. The monoisotopic (exact) mass is 591 g/mol. The van der Waals surface area contributed by atoms with Crippen LogP contribution in [0.5, 0.6) is 5.95 Å². The summed E-state index contributed by atoms with van der Waals surface area (Å²) in [6.45, 7) is 4.51. The summed E-state index contributed by atoms with van der Waals surface area (Å²) in [6, 6.07) is 10.2. The van der Waals surface area contributed by atoms with Gasteiger partial charge in [-0.25, -0.2) is 19.0 Å². The first kappa shape index (κ1) is 27.5. The van der Waals surface area contributed by atoms with E-state index in [-0.39, 0.29) is 23.6 Å². The lowest BCUT2D eigenvalue weighted by atomic mass is 9.97. The van der Waals surface area contributed by atoms with Gasteiger partial charge in [-0.15, -0.1) is 0 Å². The standard InChI is InChI=1S/C30H27ClFN5O5/c1-16-10-18(12-20(32)11-16)22-14-33-15-23(27-34-24-5-4-19(31)13-25(24)35-27)26(22)37-8-6-21(7-9-37)36(3)29(38)41-28-17(2)40-30(39)42-28/h4-5,10-15,21H,6-9H2,1-3H3,(H,34,35). The number of aromatic nitrogens is 3. The van der Waals surface area contributed by atoms with Crippen LogP contribution in [0, 0.1) is 19.7 Å². The van der Waals surface area contributed by atoms with Crippen molar-refractivity contribution in [3.8, 4) is 28.5 Å². The first-order valence-electron chi connectivity index (χ1n) is 13.4. The van der Waals surface area contributed by atoms with E-state index < -0.39 is 11.9 Å². The number of rotatable bonds is 5. The summed E-state index contributed by atoms with van der Waals surface area (Å²) >= 11 is 6.21. The minimum absolute atomic E-state index is 0.0924. The Morgan fingerprint density at radius 1 is 1.12 bits per heavy atom.